The summed E-state index contributed by atoms with van der Waals surface area (Å²) in [6.45, 7) is 9.98. The Kier molecular flexibility index (Phi) is 4.83. The molecule has 1 aromatic carbocycles. The number of benzene rings is 1. The second-order valence-electron chi connectivity index (χ2n) is 4.77. The molecule has 0 fully saturated rings. The molecule has 0 aliphatic carbocycles. The molecule has 1 nitrogen and oxygen atoms in total. The van der Waals surface area contributed by atoms with E-state index in [1.165, 1.54) is 17.5 Å². The number of nitrogens with one attached hydrogen (secondary N) is 1. The van der Waals surface area contributed by atoms with E-state index in [2.05, 4.69) is 57.3 Å². The maximum atomic E-state index is 3.55. The summed E-state index contributed by atoms with van der Waals surface area (Å²) < 4.78 is 0. The standard InChI is InChI=1S/C14H23N/c1-11(2)9-10-15-13(4)14-7-5-12(3)6-8-14/h5-8,11,13,15H,9-10H2,1-4H3. The van der Waals surface area contributed by atoms with E-state index in [-0.39, 0.29) is 0 Å². The molecule has 0 aromatic heterocycles. The van der Waals surface area contributed by atoms with Crippen molar-refractivity contribution in [2.75, 3.05) is 6.54 Å². The predicted octanol–water partition coefficient (Wildman–Crippen LogP) is 3.69. The molecule has 1 rings (SSSR count). The fraction of sp³-hybridized carbons (Fsp3) is 0.571. The molecule has 0 radical (unpaired) electrons. The first-order valence-corrected chi connectivity index (χ1v) is 5.89. The van der Waals surface area contributed by atoms with Crippen molar-refractivity contribution in [3.63, 3.8) is 0 Å². The summed E-state index contributed by atoms with van der Waals surface area (Å²) in [5.41, 5.74) is 2.71. The lowest BCUT2D eigenvalue weighted by Crippen LogP contribution is -2.20. The zero-order valence-corrected chi connectivity index (χ0v) is 10.4. The van der Waals surface area contributed by atoms with E-state index in [1.54, 1.807) is 0 Å². The van der Waals surface area contributed by atoms with Crippen LogP contribution in [0.4, 0.5) is 0 Å². The van der Waals surface area contributed by atoms with Gasteiger partial charge in [0.1, 0.15) is 0 Å². The van der Waals surface area contributed by atoms with Gasteiger partial charge in [0.2, 0.25) is 0 Å². The molecular formula is C14H23N. The molecule has 84 valence electrons. The number of hydrogen-bond acceptors (Lipinski definition) is 1. The lowest BCUT2D eigenvalue weighted by Gasteiger charge is -2.15. The average Bonchev–Trinajstić information content (AvgIpc) is 2.18. The van der Waals surface area contributed by atoms with E-state index in [0.29, 0.717) is 6.04 Å². The van der Waals surface area contributed by atoms with Crippen LogP contribution in [0.2, 0.25) is 0 Å². The Labute approximate surface area is 93.9 Å². The van der Waals surface area contributed by atoms with Gasteiger partial charge in [-0.05, 0) is 38.3 Å². The van der Waals surface area contributed by atoms with E-state index < -0.39 is 0 Å². The van der Waals surface area contributed by atoms with Crippen molar-refractivity contribution in [2.24, 2.45) is 5.92 Å². The van der Waals surface area contributed by atoms with Crippen LogP contribution >= 0.6 is 0 Å². The van der Waals surface area contributed by atoms with Gasteiger partial charge >= 0.3 is 0 Å². The number of hydrogen-bond donors (Lipinski definition) is 1. The van der Waals surface area contributed by atoms with Crippen LogP contribution in [0.5, 0.6) is 0 Å². The smallest absolute Gasteiger partial charge is 0.0291 e. The summed E-state index contributed by atoms with van der Waals surface area (Å²) in [5.74, 6) is 0.780. The third-order valence-electron chi connectivity index (χ3n) is 2.75. The van der Waals surface area contributed by atoms with E-state index in [9.17, 15) is 0 Å². The first kappa shape index (κ1) is 12.3. The SMILES string of the molecule is Cc1ccc(C(C)NCCC(C)C)cc1. The zero-order valence-electron chi connectivity index (χ0n) is 10.4. The van der Waals surface area contributed by atoms with E-state index in [4.69, 9.17) is 0 Å². The van der Waals surface area contributed by atoms with Gasteiger partial charge in [-0.1, -0.05) is 43.7 Å². The van der Waals surface area contributed by atoms with E-state index >= 15 is 0 Å². The van der Waals surface area contributed by atoms with Gasteiger partial charge < -0.3 is 5.32 Å². The number of aryl methyl sites for hydroxylation is 1. The van der Waals surface area contributed by atoms with Gasteiger partial charge in [-0.2, -0.15) is 0 Å². The Morgan fingerprint density at radius 1 is 1.07 bits per heavy atom. The third kappa shape index (κ3) is 4.48. The first-order chi connectivity index (χ1) is 7.09. The fourth-order valence-electron chi connectivity index (χ4n) is 1.56. The Balaban J connectivity index is 2.40. The summed E-state index contributed by atoms with van der Waals surface area (Å²) in [6.07, 6.45) is 1.25. The van der Waals surface area contributed by atoms with Crippen molar-refractivity contribution < 1.29 is 0 Å². The Bertz CT molecular complexity index is 274. The third-order valence-corrected chi connectivity index (χ3v) is 2.75. The van der Waals surface area contributed by atoms with Gasteiger partial charge in [-0.25, -0.2) is 0 Å². The zero-order chi connectivity index (χ0) is 11.3. The second kappa shape index (κ2) is 5.92. The van der Waals surface area contributed by atoms with Crippen LogP contribution < -0.4 is 5.32 Å². The van der Waals surface area contributed by atoms with Gasteiger partial charge in [-0.15, -0.1) is 0 Å². The summed E-state index contributed by atoms with van der Waals surface area (Å²) in [4.78, 5) is 0. The van der Waals surface area contributed by atoms with Crippen molar-refractivity contribution in [3.8, 4) is 0 Å². The van der Waals surface area contributed by atoms with Crippen LogP contribution in [0, 0.1) is 12.8 Å². The fourth-order valence-corrected chi connectivity index (χ4v) is 1.56. The maximum absolute atomic E-state index is 3.55. The second-order valence-corrected chi connectivity index (χ2v) is 4.77. The van der Waals surface area contributed by atoms with Crippen molar-refractivity contribution >= 4 is 0 Å². The van der Waals surface area contributed by atoms with Gasteiger partial charge in [-0.3, -0.25) is 0 Å². The average molecular weight is 205 g/mol. The monoisotopic (exact) mass is 205 g/mol. The van der Waals surface area contributed by atoms with Crippen molar-refractivity contribution in [1.29, 1.82) is 0 Å². The minimum Gasteiger partial charge on any atom is -0.310 e. The van der Waals surface area contributed by atoms with Gasteiger partial charge in [0, 0.05) is 6.04 Å². The van der Waals surface area contributed by atoms with E-state index in [0.717, 1.165) is 12.5 Å². The van der Waals surface area contributed by atoms with Crippen LogP contribution in [0.3, 0.4) is 0 Å². The highest BCUT2D eigenvalue weighted by atomic mass is 14.9. The summed E-state index contributed by atoms with van der Waals surface area (Å²) >= 11 is 0. The highest BCUT2D eigenvalue weighted by Gasteiger charge is 2.03. The molecule has 0 bridgehead atoms. The molecule has 0 aliphatic rings. The molecule has 1 N–H and O–H groups in total. The summed E-state index contributed by atoms with van der Waals surface area (Å²) in [6, 6.07) is 9.24. The minimum absolute atomic E-state index is 0.462. The molecule has 1 aromatic rings. The van der Waals surface area contributed by atoms with Crippen LogP contribution in [0.1, 0.15) is 44.4 Å². The van der Waals surface area contributed by atoms with Crippen molar-refractivity contribution in [1.82, 2.24) is 5.32 Å². The van der Waals surface area contributed by atoms with Gasteiger partial charge in [0.05, 0.1) is 0 Å². The Morgan fingerprint density at radius 3 is 2.20 bits per heavy atom. The van der Waals surface area contributed by atoms with Crippen LogP contribution in [-0.4, -0.2) is 6.54 Å². The van der Waals surface area contributed by atoms with Crippen molar-refractivity contribution in [2.45, 2.75) is 40.2 Å². The van der Waals surface area contributed by atoms with Gasteiger partial charge in [0.15, 0.2) is 0 Å². The highest BCUT2D eigenvalue weighted by Crippen LogP contribution is 2.13. The summed E-state index contributed by atoms with van der Waals surface area (Å²) in [5, 5.41) is 3.55. The van der Waals surface area contributed by atoms with Crippen LogP contribution in [0.15, 0.2) is 24.3 Å². The number of rotatable bonds is 5. The largest absolute Gasteiger partial charge is 0.310 e. The maximum Gasteiger partial charge on any atom is 0.0291 e. The highest BCUT2D eigenvalue weighted by molar-refractivity contribution is 5.23. The molecule has 1 heteroatoms. The summed E-state index contributed by atoms with van der Waals surface area (Å²) in [7, 11) is 0. The predicted molar refractivity (Wildman–Crippen MR) is 67.1 cm³/mol. The Morgan fingerprint density at radius 2 is 1.67 bits per heavy atom. The van der Waals surface area contributed by atoms with Gasteiger partial charge in [0.25, 0.3) is 0 Å². The van der Waals surface area contributed by atoms with Crippen molar-refractivity contribution in [3.05, 3.63) is 35.4 Å². The molecule has 0 heterocycles. The molecule has 0 aliphatic heterocycles. The topological polar surface area (TPSA) is 12.0 Å². The quantitative estimate of drug-likeness (QED) is 0.773. The lowest BCUT2D eigenvalue weighted by atomic mass is 10.1. The molecule has 0 saturated carbocycles. The van der Waals surface area contributed by atoms with E-state index in [1.807, 2.05) is 0 Å². The normalized spacial score (nSPS) is 13.1. The molecule has 15 heavy (non-hydrogen) atoms. The molecule has 1 atom stereocenters. The Hall–Kier alpha value is -0.820. The first-order valence-electron chi connectivity index (χ1n) is 5.89. The molecule has 0 amide bonds. The molecular weight excluding hydrogens is 182 g/mol. The lowest BCUT2D eigenvalue weighted by molar-refractivity contribution is 0.497. The molecule has 0 spiro atoms. The molecule has 1 unspecified atom stereocenters. The van der Waals surface area contributed by atoms with Crippen LogP contribution in [-0.2, 0) is 0 Å². The molecule has 0 saturated heterocycles. The minimum atomic E-state index is 0.462. The van der Waals surface area contributed by atoms with Crippen LogP contribution in [0.25, 0.3) is 0 Å².